The van der Waals surface area contributed by atoms with Crippen LogP contribution >= 0.6 is 11.3 Å². The molecule has 0 aliphatic heterocycles. The minimum absolute atomic E-state index is 0.113. The van der Waals surface area contributed by atoms with Gasteiger partial charge in [-0.2, -0.15) is 0 Å². The molecule has 2 heterocycles. The molecule has 0 saturated heterocycles. The van der Waals surface area contributed by atoms with Crippen molar-refractivity contribution >= 4 is 34.1 Å². The predicted octanol–water partition coefficient (Wildman–Crippen LogP) is 4.17. The monoisotopic (exact) mass is 397 g/mol. The van der Waals surface area contributed by atoms with Gasteiger partial charge in [-0.05, 0) is 55.8 Å². The fourth-order valence-corrected chi connectivity index (χ4v) is 4.02. The maximum Gasteiger partial charge on any atom is 0.242 e. The maximum absolute atomic E-state index is 12.4. The first-order chi connectivity index (χ1) is 13.5. The van der Waals surface area contributed by atoms with Crippen molar-refractivity contribution in [2.75, 3.05) is 6.54 Å². The summed E-state index contributed by atoms with van der Waals surface area (Å²) in [5.74, 6) is -0.254. The number of amides is 2. The molecule has 3 aromatic rings. The number of nitrogens with one attached hydrogen (secondary N) is 3. The zero-order valence-corrected chi connectivity index (χ0v) is 17.4. The molecule has 0 radical (unpaired) electrons. The molecule has 3 N–H and O–H groups in total. The Morgan fingerprint density at radius 3 is 2.79 bits per heavy atom. The van der Waals surface area contributed by atoms with Crippen molar-refractivity contribution in [2.24, 2.45) is 0 Å². The minimum Gasteiger partial charge on any atom is -0.354 e. The molecule has 148 valence electrons. The number of rotatable bonds is 8. The SMILES string of the molecule is CCCNC(=O)[C@H](C)NC(=O)CCc1c(-c2cccs2)[nH]c2ccc(C)cc12. The van der Waals surface area contributed by atoms with E-state index in [1.807, 2.05) is 13.0 Å². The van der Waals surface area contributed by atoms with Crippen molar-refractivity contribution in [3.63, 3.8) is 0 Å². The largest absolute Gasteiger partial charge is 0.354 e. The first-order valence-corrected chi connectivity index (χ1v) is 10.6. The number of aromatic nitrogens is 1. The van der Waals surface area contributed by atoms with E-state index in [2.05, 4.69) is 52.2 Å². The highest BCUT2D eigenvalue weighted by molar-refractivity contribution is 7.13. The van der Waals surface area contributed by atoms with Gasteiger partial charge in [0, 0.05) is 23.9 Å². The van der Waals surface area contributed by atoms with Crippen molar-refractivity contribution in [3.05, 3.63) is 46.8 Å². The van der Waals surface area contributed by atoms with Gasteiger partial charge in [-0.3, -0.25) is 9.59 Å². The van der Waals surface area contributed by atoms with E-state index in [9.17, 15) is 9.59 Å². The number of thiophene rings is 1. The summed E-state index contributed by atoms with van der Waals surface area (Å²) in [5, 5.41) is 8.83. The van der Waals surface area contributed by atoms with Gasteiger partial charge in [-0.15, -0.1) is 11.3 Å². The molecule has 1 aromatic carbocycles. The summed E-state index contributed by atoms with van der Waals surface area (Å²) < 4.78 is 0. The Bertz CT molecular complexity index is 960. The normalized spacial score (nSPS) is 12.1. The average molecular weight is 398 g/mol. The number of fused-ring (bicyclic) bond motifs is 1. The van der Waals surface area contributed by atoms with Crippen LogP contribution in [0.3, 0.4) is 0 Å². The average Bonchev–Trinajstić information content (AvgIpc) is 3.31. The molecular formula is C22H27N3O2S. The molecule has 0 aliphatic carbocycles. The Kier molecular flexibility index (Phi) is 6.52. The van der Waals surface area contributed by atoms with Gasteiger partial charge in [-0.25, -0.2) is 0 Å². The quantitative estimate of drug-likeness (QED) is 0.534. The third kappa shape index (κ3) is 4.62. The van der Waals surface area contributed by atoms with Crippen LogP contribution in [-0.2, 0) is 16.0 Å². The third-order valence-corrected chi connectivity index (χ3v) is 5.64. The van der Waals surface area contributed by atoms with Crippen LogP contribution in [0.2, 0.25) is 0 Å². The Balaban J connectivity index is 1.74. The molecule has 0 spiro atoms. The number of hydrogen-bond acceptors (Lipinski definition) is 3. The van der Waals surface area contributed by atoms with Crippen molar-refractivity contribution in [1.29, 1.82) is 0 Å². The summed E-state index contributed by atoms with van der Waals surface area (Å²) in [7, 11) is 0. The van der Waals surface area contributed by atoms with Gasteiger partial charge in [-0.1, -0.05) is 24.6 Å². The fourth-order valence-electron chi connectivity index (χ4n) is 3.27. The van der Waals surface area contributed by atoms with E-state index < -0.39 is 6.04 Å². The number of aryl methyl sites for hydroxylation is 2. The van der Waals surface area contributed by atoms with Crippen LogP contribution in [0.4, 0.5) is 0 Å². The number of carbonyl (C=O) groups is 2. The summed E-state index contributed by atoms with van der Waals surface area (Å²) in [4.78, 5) is 29.1. The molecule has 28 heavy (non-hydrogen) atoms. The van der Waals surface area contributed by atoms with Gasteiger partial charge in [0.1, 0.15) is 6.04 Å². The predicted molar refractivity (Wildman–Crippen MR) is 116 cm³/mol. The van der Waals surface area contributed by atoms with Crippen LogP contribution in [0.5, 0.6) is 0 Å². The second-order valence-electron chi connectivity index (χ2n) is 7.09. The summed E-state index contributed by atoms with van der Waals surface area (Å²) in [6, 6.07) is 9.93. The Labute approximate surface area is 169 Å². The summed E-state index contributed by atoms with van der Waals surface area (Å²) in [6.45, 7) is 6.41. The minimum atomic E-state index is -0.527. The highest BCUT2D eigenvalue weighted by atomic mass is 32.1. The number of hydrogen-bond donors (Lipinski definition) is 3. The maximum atomic E-state index is 12.4. The van der Waals surface area contributed by atoms with Crippen molar-refractivity contribution in [3.8, 4) is 10.6 Å². The third-order valence-electron chi connectivity index (χ3n) is 4.75. The van der Waals surface area contributed by atoms with Crippen LogP contribution in [0.1, 0.15) is 37.8 Å². The van der Waals surface area contributed by atoms with Crippen molar-refractivity contribution in [2.45, 2.75) is 46.1 Å². The van der Waals surface area contributed by atoms with E-state index in [4.69, 9.17) is 0 Å². The highest BCUT2D eigenvalue weighted by Gasteiger charge is 2.18. The first kappa shape index (κ1) is 20.1. The molecule has 2 aromatic heterocycles. The molecule has 1 atom stereocenters. The molecule has 0 unspecified atom stereocenters. The van der Waals surface area contributed by atoms with E-state index >= 15 is 0 Å². The zero-order chi connectivity index (χ0) is 20.1. The summed E-state index contributed by atoms with van der Waals surface area (Å²) >= 11 is 1.68. The van der Waals surface area contributed by atoms with E-state index in [1.165, 1.54) is 5.56 Å². The summed E-state index contributed by atoms with van der Waals surface area (Å²) in [5.41, 5.74) is 4.50. The molecule has 0 aliphatic rings. The topological polar surface area (TPSA) is 74.0 Å². The second kappa shape index (κ2) is 9.06. The van der Waals surface area contributed by atoms with Crippen molar-refractivity contribution < 1.29 is 9.59 Å². The van der Waals surface area contributed by atoms with Gasteiger partial charge >= 0.3 is 0 Å². The molecule has 2 amide bonds. The molecule has 0 saturated carbocycles. The van der Waals surface area contributed by atoms with Crippen LogP contribution in [0.15, 0.2) is 35.7 Å². The Morgan fingerprint density at radius 1 is 1.25 bits per heavy atom. The smallest absolute Gasteiger partial charge is 0.242 e. The van der Waals surface area contributed by atoms with Crippen LogP contribution in [0.25, 0.3) is 21.5 Å². The van der Waals surface area contributed by atoms with Gasteiger partial charge in [0.2, 0.25) is 11.8 Å². The molecule has 0 bridgehead atoms. The zero-order valence-electron chi connectivity index (χ0n) is 16.6. The Hall–Kier alpha value is -2.60. The molecule has 0 fully saturated rings. The summed E-state index contributed by atoms with van der Waals surface area (Å²) in [6.07, 6.45) is 1.83. The second-order valence-corrected chi connectivity index (χ2v) is 8.03. The van der Waals surface area contributed by atoms with Gasteiger partial charge in [0.05, 0.1) is 10.6 Å². The molecule has 3 rings (SSSR count). The van der Waals surface area contributed by atoms with E-state index in [1.54, 1.807) is 18.3 Å². The van der Waals surface area contributed by atoms with Crippen LogP contribution < -0.4 is 10.6 Å². The lowest BCUT2D eigenvalue weighted by Gasteiger charge is -2.14. The van der Waals surface area contributed by atoms with Crippen LogP contribution in [0, 0.1) is 6.92 Å². The Morgan fingerprint density at radius 2 is 2.07 bits per heavy atom. The van der Waals surface area contributed by atoms with Gasteiger partial charge in [0.25, 0.3) is 0 Å². The van der Waals surface area contributed by atoms with E-state index in [0.717, 1.165) is 33.5 Å². The van der Waals surface area contributed by atoms with E-state index in [-0.39, 0.29) is 11.8 Å². The fraction of sp³-hybridized carbons (Fsp3) is 0.364. The standard InChI is InChI=1S/C22H27N3O2S/c1-4-11-23-22(27)15(3)24-20(26)10-8-16-17-13-14(2)7-9-18(17)25-21(16)19-6-5-12-28-19/h5-7,9,12-13,15,25H,4,8,10-11H2,1-3H3,(H,23,27)(H,24,26)/t15-/m0/s1. The number of aromatic amines is 1. The van der Waals surface area contributed by atoms with Gasteiger partial charge < -0.3 is 15.6 Å². The molecule has 5 nitrogen and oxygen atoms in total. The lowest BCUT2D eigenvalue weighted by atomic mass is 10.0. The first-order valence-electron chi connectivity index (χ1n) is 9.71. The molecular weight excluding hydrogens is 370 g/mol. The van der Waals surface area contributed by atoms with Crippen LogP contribution in [-0.4, -0.2) is 29.4 Å². The number of H-pyrrole nitrogens is 1. The lowest BCUT2D eigenvalue weighted by molar-refractivity contribution is -0.128. The number of benzene rings is 1. The van der Waals surface area contributed by atoms with E-state index in [0.29, 0.717) is 19.4 Å². The highest BCUT2D eigenvalue weighted by Crippen LogP contribution is 2.34. The lowest BCUT2D eigenvalue weighted by Crippen LogP contribution is -2.45. The van der Waals surface area contributed by atoms with Crippen molar-refractivity contribution in [1.82, 2.24) is 15.6 Å². The molecule has 6 heteroatoms. The number of carbonyl (C=O) groups excluding carboxylic acids is 2. The van der Waals surface area contributed by atoms with Gasteiger partial charge in [0.15, 0.2) is 0 Å².